The molecule has 0 saturated carbocycles. The maximum Gasteiger partial charge on any atom is 1.00 e. The van der Waals surface area contributed by atoms with Gasteiger partial charge in [0, 0.05) is 18.4 Å². The van der Waals surface area contributed by atoms with Gasteiger partial charge in [-0.3, -0.25) is 4.79 Å². The number of Topliss-reactive ketones (excluding diaryl/α,β-unsaturated/α-hetero) is 1. The van der Waals surface area contributed by atoms with Crippen LogP contribution in [0.2, 0.25) is 0 Å². The van der Waals surface area contributed by atoms with E-state index in [1.807, 2.05) is 30.3 Å². The molecule has 1 aromatic heterocycles. The number of benzene rings is 2. The van der Waals surface area contributed by atoms with Gasteiger partial charge in [0.05, 0.1) is 10.9 Å². The van der Waals surface area contributed by atoms with Crippen LogP contribution in [-0.2, 0) is 4.79 Å². The number of hydrogen-bond acceptors (Lipinski definition) is 5. The van der Waals surface area contributed by atoms with E-state index in [9.17, 15) is 14.7 Å². The Morgan fingerprint density at radius 2 is 1.61 bits per heavy atom. The molecule has 0 radical (unpaired) electrons. The van der Waals surface area contributed by atoms with Gasteiger partial charge in [0.1, 0.15) is 17.1 Å². The van der Waals surface area contributed by atoms with Crippen LogP contribution in [-0.4, -0.2) is 22.1 Å². The van der Waals surface area contributed by atoms with Crippen LogP contribution in [0.15, 0.2) is 63.8 Å². The molecule has 0 saturated heterocycles. The van der Waals surface area contributed by atoms with Gasteiger partial charge in [-0.05, 0) is 38.5 Å². The van der Waals surface area contributed by atoms with Gasteiger partial charge in [0.25, 0.3) is 0 Å². The summed E-state index contributed by atoms with van der Waals surface area (Å²) in [5, 5.41) is 19.1. The molecular formula is C22H25KO5. The van der Waals surface area contributed by atoms with E-state index in [-0.39, 0.29) is 82.4 Å². The van der Waals surface area contributed by atoms with Gasteiger partial charge in [0.15, 0.2) is 0 Å². The van der Waals surface area contributed by atoms with Crippen LogP contribution in [0.4, 0.5) is 0 Å². The summed E-state index contributed by atoms with van der Waals surface area (Å²) in [6.45, 7) is 4.91. The van der Waals surface area contributed by atoms with E-state index in [4.69, 9.17) is 9.52 Å². The molecule has 0 fully saturated rings. The molecule has 28 heavy (non-hydrogen) atoms. The topological polar surface area (TPSA) is 87.7 Å². The molecule has 1 unspecified atom stereocenters. The zero-order valence-corrected chi connectivity index (χ0v) is 19.8. The number of rotatable bonds is 4. The molecule has 0 aliphatic carbocycles. The van der Waals surface area contributed by atoms with E-state index in [0.29, 0.717) is 11.0 Å². The van der Waals surface area contributed by atoms with Crippen molar-refractivity contribution in [3.8, 4) is 5.75 Å². The van der Waals surface area contributed by atoms with Crippen LogP contribution in [0.25, 0.3) is 11.0 Å². The molecule has 0 spiro atoms. The molecule has 2 aromatic carbocycles. The van der Waals surface area contributed by atoms with Crippen LogP contribution < -0.4 is 57.0 Å². The minimum absolute atomic E-state index is 0. The molecular weight excluding hydrogens is 383 g/mol. The second-order valence-corrected chi connectivity index (χ2v) is 6.61. The van der Waals surface area contributed by atoms with Crippen molar-refractivity contribution in [1.82, 2.24) is 0 Å². The van der Waals surface area contributed by atoms with E-state index < -0.39 is 11.5 Å². The molecule has 0 bridgehead atoms. The Balaban J connectivity index is 0.00000120. The predicted molar refractivity (Wildman–Crippen MR) is 106 cm³/mol. The quantitative estimate of drug-likeness (QED) is 0.499. The zero-order chi connectivity index (χ0) is 20.0. The van der Waals surface area contributed by atoms with Crippen LogP contribution in [0.3, 0.4) is 0 Å². The van der Waals surface area contributed by atoms with E-state index in [2.05, 4.69) is 0 Å². The number of aromatic hydroxyl groups is 1. The van der Waals surface area contributed by atoms with E-state index >= 15 is 0 Å². The van der Waals surface area contributed by atoms with Gasteiger partial charge in [-0.25, -0.2) is 4.79 Å². The van der Waals surface area contributed by atoms with Crippen LogP contribution >= 0.6 is 0 Å². The van der Waals surface area contributed by atoms with Gasteiger partial charge in [-0.15, -0.1) is 0 Å². The largest absolute Gasteiger partial charge is 1.00 e. The average molecular weight is 409 g/mol. The SMILES string of the molecule is CC(=O)CC(c1ccccc1)c1c(O)c2ccccc2oc1=O.CC(C)O.[H-].[K+]. The molecule has 0 amide bonds. The number of aliphatic hydroxyl groups excluding tert-OH is 1. The zero-order valence-electron chi connectivity index (χ0n) is 17.7. The summed E-state index contributed by atoms with van der Waals surface area (Å²) >= 11 is 0. The Hall–Kier alpha value is -1.28. The van der Waals surface area contributed by atoms with Crippen molar-refractivity contribution < 1.29 is 72.2 Å². The first kappa shape index (κ1) is 24.8. The van der Waals surface area contributed by atoms with Crippen molar-refractivity contribution >= 4 is 16.8 Å². The number of para-hydroxylation sites is 1. The summed E-state index contributed by atoms with van der Waals surface area (Å²) in [4.78, 5) is 24.1. The number of carbonyl (C=O) groups is 1. The van der Waals surface area contributed by atoms with Crippen molar-refractivity contribution in [1.29, 1.82) is 0 Å². The number of aliphatic hydroxyl groups is 1. The van der Waals surface area contributed by atoms with Crippen molar-refractivity contribution in [3.05, 3.63) is 76.1 Å². The number of carbonyl (C=O) groups excluding carboxylic acids is 1. The third-order valence-electron chi connectivity index (χ3n) is 3.86. The van der Waals surface area contributed by atoms with Crippen LogP contribution in [0, 0.1) is 0 Å². The molecule has 2 N–H and O–H groups in total. The summed E-state index contributed by atoms with van der Waals surface area (Å²) in [7, 11) is 0. The molecule has 1 heterocycles. The standard InChI is InChI=1S/C19H16O4.C3H8O.K.H/c1-12(20)11-15(13-7-3-2-4-8-13)17-18(21)14-9-5-6-10-16(14)23-19(17)22;1-3(2)4;;/h2-10,15,21H,11H2,1H3;3-4H,1-2H3;;/q;;+1;-1. The predicted octanol–water partition coefficient (Wildman–Crippen LogP) is 1.11. The number of fused-ring (bicyclic) bond motifs is 1. The molecule has 0 aliphatic heterocycles. The van der Waals surface area contributed by atoms with E-state index in [1.54, 1.807) is 38.1 Å². The van der Waals surface area contributed by atoms with E-state index in [1.165, 1.54) is 6.92 Å². The third kappa shape index (κ3) is 6.65. The second kappa shape index (κ2) is 11.7. The molecule has 3 aromatic rings. The number of ketones is 1. The van der Waals surface area contributed by atoms with Gasteiger partial charge in [0.2, 0.25) is 0 Å². The second-order valence-electron chi connectivity index (χ2n) is 6.61. The first-order valence-corrected chi connectivity index (χ1v) is 8.78. The minimum atomic E-state index is -0.615. The van der Waals surface area contributed by atoms with Gasteiger partial charge >= 0.3 is 57.0 Å². The summed E-state index contributed by atoms with van der Waals surface area (Å²) in [6.07, 6.45) is -0.0410. The smallest absolute Gasteiger partial charge is 1.00 e. The molecule has 3 rings (SSSR count). The summed E-state index contributed by atoms with van der Waals surface area (Å²) in [6, 6.07) is 16.0. The third-order valence-corrected chi connectivity index (χ3v) is 3.86. The van der Waals surface area contributed by atoms with E-state index in [0.717, 1.165) is 5.56 Å². The fourth-order valence-corrected chi connectivity index (χ4v) is 2.81. The maximum absolute atomic E-state index is 12.4. The minimum Gasteiger partial charge on any atom is -1.00 e. The van der Waals surface area contributed by atoms with Gasteiger partial charge < -0.3 is 16.1 Å². The van der Waals surface area contributed by atoms with Crippen molar-refractivity contribution in [2.24, 2.45) is 0 Å². The molecule has 1 atom stereocenters. The molecule has 5 nitrogen and oxygen atoms in total. The monoisotopic (exact) mass is 408 g/mol. The maximum atomic E-state index is 12.4. The average Bonchev–Trinajstić information content (AvgIpc) is 2.61. The van der Waals surface area contributed by atoms with Crippen molar-refractivity contribution in [2.45, 2.75) is 39.2 Å². The molecule has 144 valence electrons. The van der Waals surface area contributed by atoms with Gasteiger partial charge in [-0.2, -0.15) is 0 Å². The first-order valence-electron chi connectivity index (χ1n) is 8.78. The van der Waals surface area contributed by atoms with Crippen LogP contribution in [0.5, 0.6) is 5.75 Å². The normalized spacial score (nSPS) is 11.3. The fraction of sp³-hybridized carbons (Fsp3) is 0.273. The Morgan fingerprint density at radius 3 is 2.18 bits per heavy atom. The van der Waals surface area contributed by atoms with Crippen molar-refractivity contribution in [3.63, 3.8) is 0 Å². The Bertz CT molecular complexity index is 967. The summed E-state index contributed by atoms with van der Waals surface area (Å²) in [5.74, 6) is -0.715. The Kier molecular flexibility index (Phi) is 10.3. The van der Waals surface area contributed by atoms with Gasteiger partial charge in [-0.1, -0.05) is 42.5 Å². The molecule has 6 heteroatoms. The molecule has 0 aliphatic rings. The number of hydrogen-bond donors (Lipinski definition) is 2. The van der Waals surface area contributed by atoms with Crippen LogP contribution in [0.1, 0.15) is 45.7 Å². The summed E-state index contributed by atoms with van der Waals surface area (Å²) in [5.41, 5.74) is 0.635. The Morgan fingerprint density at radius 1 is 1.07 bits per heavy atom. The summed E-state index contributed by atoms with van der Waals surface area (Å²) < 4.78 is 5.33. The fourth-order valence-electron chi connectivity index (χ4n) is 2.81. The van der Waals surface area contributed by atoms with Crippen molar-refractivity contribution in [2.75, 3.05) is 0 Å². The Labute approximate surface area is 208 Å². The first-order chi connectivity index (χ1) is 12.8.